The predicted octanol–water partition coefficient (Wildman–Crippen LogP) is 3.60. The third-order valence-corrected chi connectivity index (χ3v) is 6.20. The van der Waals surface area contributed by atoms with Gasteiger partial charge in [-0.05, 0) is 46.9 Å². The van der Waals surface area contributed by atoms with Crippen LogP contribution in [0.4, 0.5) is 0 Å². The van der Waals surface area contributed by atoms with E-state index in [9.17, 15) is 9.59 Å². The fraction of sp³-hybridized carbons (Fsp3) is 0.296. The van der Waals surface area contributed by atoms with Gasteiger partial charge < -0.3 is 14.5 Å². The summed E-state index contributed by atoms with van der Waals surface area (Å²) < 4.78 is 5.41. The molecule has 0 spiro atoms. The predicted molar refractivity (Wildman–Crippen MR) is 128 cm³/mol. The van der Waals surface area contributed by atoms with Gasteiger partial charge in [0.05, 0.1) is 7.11 Å². The second-order valence-electron chi connectivity index (χ2n) is 8.31. The minimum Gasteiger partial charge on any atom is -0.496 e. The molecular weight excluding hydrogens is 414 g/mol. The largest absolute Gasteiger partial charge is 0.496 e. The molecule has 1 aliphatic heterocycles. The van der Waals surface area contributed by atoms with E-state index < -0.39 is 6.04 Å². The summed E-state index contributed by atoms with van der Waals surface area (Å²) in [5, 5.41) is 0. The number of ether oxygens (including phenoxy) is 1. The molecule has 2 amide bonds. The summed E-state index contributed by atoms with van der Waals surface area (Å²) >= 11 is 0. The molecule has 2 heterocycles. The Morgan fingerprint density at radius 2 is 1.82 bits per heavy atom. The molecule has 0 saturated carbocycles. The van der Waals surface area contributed by atoms with E-state index in [4.69, 9.17) is 4.74 Å². The molecule has 1 aromatic heterocycles. The quantitative estimate of drug-likeness (QED) is 0.560. The van der Waals surface area contributed by atoms with E-state index in [0.29, 0.717) is 32.4 Å². The molecule has 6 heteroatoms. The van der Waals surface area contributed by atoms with Crippen molar-refractivity contribution in [3.8, 4) is 16.9 Å². The summed E-state index contributed by atoms with van der Waals surface area (Å²) in [4.78, 5) is 33.9. The number of pyridine rings is 1. The van der Waals surface area contributed by atoms with E-state index >= 15 is 0 Å². The average molecular weight is 444 g/mol. The molecule has 2 aromatic carbocycles. The number of amides is 2. The van der Waals surface area contributed by atoms with Crippen molar-refractivity contribution in [1.82, 2.24) is 14.8 Å². The second kappa shape index (κ2) is 10.3. The van der Waals surface area contributed by atoms with Crippen LogP contribution in [0.1, 0.15) is 17.5 Å². The number of aromatic nitrogens is 1. The lowest BCUT2D eigenvalue weighted by atomic mass is 9.97. The van der Waals surface area contributed by atoms with Gasteiger partial charge in [-0.3, -0.25) is 14.6 Å². The number of benzene rings is 2. The van der Waals surface area contributed by atoms with Crippen LogP contribution in [0.3, 0.4) is 0 Å². The van der Waals surface area contributed by atoms with Gasteiger partial charge in [-0.2, -0.15) is 0 Å². The Kier molecular flexibility index (Phi) is 7.03. The van der Waals surface area contributed by atoms with Gasteiger partial charge in [0.15, 0.2) is 0 Å². The number of rotatable bonds is 7. The number of carbonyl (C=O) groups excluding carboxylic acids is 2. The van der Waals surface area contributed by atoms with Crippen molar-refractivity contribution in [3.63, 3.8) is 0 Å². The highest BCUT2D eigenvalue weighted by atomic mass is 16.5. The van der Waals surface area contributed by atoms with Crippen LogP contribution < -0.4 is 4.74 Å². The number of aryl methyl sites for hydroxylation is 1. The smallest absolute Gasteiger partial charge is 0.245 e. The highest BCUT2D eigenvalue weighted by molar-refractivity contribution is 5.89. The number of methoxy groups -OCH3 is 1. The number of hydrogen-bond donors (Lipinski definition) is 0. The van der Waals surface area contributed by atoms with Gasteiger partial charge in [0.25, 0.3) is 0 Å². The Bertz CT molecular complexity index is 1120. The summed E-state index contributed by atoms with van der Waals surface area (Å²) in [6.07, 6.45) is 4.94. The first-order valence-corrected chi connectivity index (χ1v) is 11.2. The Labute approximate surface area is 194 Å². The third kappa shape index (κ3) is 5.22. The molecule has 1 fully saturated rings. The van der Waals surface area contributed by atoms with Crippen molar-refractivity contribution < 1.29 is 14.3 Å². The zero-order valence-corrected chi connectivity index (χ0v) is 19.1. The van der Waals surface area contributed by atoms with E-state index in [2.05, 4.69) is 11.1 Å². The SMILES string of the molecule is COc1ccccc1CCC(=O)N1CCN(C)C(=O)[C@@H]1Cc1cccc(-c2ccncc2)c1. The maximum Gasteiger partial charge on any atom is 0.245 e. The van der Waals surface area contributed by atoms with Crippen LogP contribution in [0.25, 0.3) is 11.1 Å². The lowest BCUT2D eigenvalue weighted by molar-refractivity contribution is -0.150. The van der Waals surface area contributed by atoms with E-state index in [-0.39, 0.29) is 11.8 Å². The standard InChI is InChI=1S/C27H29N3O3/c1-29-16-17-30(26(31)11-10-22-7-3-4-9-25(22)33-2)24(27(29)32)19-20-6-5-8-23(18-20)21-12-14-28-15-13-21/h3-9,12-15,18,24H,10-11,16-17,19H2,1-2H3/t24-/m0/s1. The zero-order valence-electron chi connectivity index (χ0n) is 19.1. The van der Waals surface area contributed by atoms with Gasteiger partial charge in [0.2, 0.25) is 11.8 Å². The lowest BCUT2D eigenvalue weighted by Gasteiger charge is -2.39. The van der Waals surface area contributed by atoms with Crippen LogP contribution in [-0.4, -0.2) is 59.9 Å². The summed E-state index contributed by atoms with van der Waals surface area (Å²) in [6, 6.07) is 19.3. The van der Waals surface area contributed by atoms with E-state index in [1.807, 2.05) is 54.6 Å². The summed E-state index contributed by atoms with van der Waals surface area (Å²) in [6.45, 7) is 1.09. The molecule has 0 unspecified atom stereocenters. The highest BCUT2D eigenvalue weighted by Crippen LogP contribution is 2.24. The van der Waals surface area contributed by atoms with Gasteiger partial charge in [0, 0.05) is 45.4 Å². The van der Waals surface area contributed by atoms with Crippen LogP contribution in [0.2, 0.25) is 0 Å². The van der Waals surface area contributed by atoms with Gasteiger partial charge in [-0.15, -0.1) is 0 Å². The lowest BCUT2D eigenvalue weighted by Crippen LogP contribution is -2.58. The van der Waals surface area contributed by atoms with Gasteiger partial charge in [0.1, 0.15) is 11.8 Å². The number of nitrogens with zero attached hydrogens (tertiary/aromatic N) is 3. The zero-order chi connectivity index (χ0) is 23.2. The number of hydrogen-bond acceptors (Lipinski definition) is 4. The van der Waals surface area contributed by atoms with Crippen molar-refractivity contribution in [3.05, 3.63) is 84.2 Å². The van der Waals surface area contributed by atoms with Gasteiger partial charge in [-0.1, -0.05) is 42.5 Å². The van der Waals surface area contributed by atoms with Crippen LogP contribution >= 0.6 is 0 Å². The molecule has 1 atom stereocenters. The van der Waals surface area contributed by atoms with Crippen LogP contribution in [-0.2, 0) is 22.4 Å². The van der Waals surface area contributed by atoms with Crippen molar-refractivity contribution in [2.24, 2.45) is 0 Å². The Hall–Kier alpha value is -3.67. The fourth-order valence-corrected chi connectivity index (χ4v) is 4.35. The molecule has 33 heavy (non-hydrogen) atoms. The van der Waals surface area contributed by atoms with Crippen molar-refractivity contribution in [2.45, 2.75) is 25.3 Å². The van der Waals surface area contributed by atoms with Crippen LogP contribution in [0.5, 0.6) is 5.75 Å². The maximum atomic E-state index is 13.2. The molecule has 0 radical (unpaired) electrons. The number of likely N-dealkylation sites (N-methyl/N-ethyl adjacent to an activating group) is 1. The average Bonchev–Trinajstić information content (AvgIpc) is 2.86. The molecule has 170 valence electrons. The van der Waals surface area contributed by atoms with Crippen molar-refractivity contribution in [2.75, 3.05) is 27.2 Å². The molecule has 1 aliphatic rings. The van der Waals surface area contributed by atoms with Gasteiger partial charge >= 0.3 is 0 Å². The molecule has 6 nitrogen and oxygen atoms in total. The normalized spacial score (nSPS) is 16.1. The van der Waals surface area contributed by atoms with Crippen LogP contribution in [0, 0.1) is 0 Å². The first-order valence-electron chi connectivity index (χ1n) is 11.2. The fourth-order valence-electron chi connectivity index (χ4n) is 4.35. The number of para-hydroxylation sites is 1. The summed E-state index contributed by atoms with van der Waals surface area (Å²) in [7, 11) is 3.44. The molecular formula is C27H29N3O3. The minimum absolute atomic E-state index is 0.00218. The Morgan fingerprint density at radius 1 is 1.03 bits per heavy atom. The molecule has 0 aliphatic carbocycles. The van der Waals surface area contributed by atoms with E-state index in [0.717, 1.165) is 28.0 Å². The third-order valence-electron chi connectivity index (χ3n) is 6.20. The molecule has 1 saturated heterocycles. The maximum absolute atomic E-state index is 13.2. The van der Waals surface area contributed by atoms with E-state index in [1.54, 1.807) is 36.4 Å². The number of piperazine rings is 1. The molecule has 3 aromatic rings. The number of carbonyl (C=O) groups is 2. The van der Waals surface area contributed by atoms with Crippen molar-refractivity contribution >= 4 is 11.8 Å². The van der Waals surface area contributed by atoms with E-state index in [1.165, 1.54) is 0 Å². The van der Waals surface area contributed by atoms with Crippen molar-refractivity contribution in [1.29, 1.82) is 0 Å². The summed E-state index contributed by atoms with van der Waals surface area (Å²) in [5.74, 6) is 0.767. The minimum atomic E-state index is -0.499. The monoisotopic (exact) mass is 443 g/mol. The molecule has 0 bridgehead atoms. The first-order chi connectivity index (χ1) is 16.1. The Morgan fingerprint density at radius 3 is 2.61 bits per heavy atom. The topological polar surface area (TPSA) is 62.7 Å². The second-order valence-corrected chi connectivity index (χ2v) is 8.31. The Balaban J connectivity index is 1.51. The molecule has 4 rings (SSSR count). The summed E-state index contributed by atoms with van der Waals surface area (Å²) in [5.41, 5.74) is 4.17. The van der Waals surface area contributed by atoms with Crippen LogP contribution in [0.15, 0.2) is 73.1 Å². The first kappa shape index (κ1) is 22.5. The highest BCUT2D eigenvalue weighted by Gasteiger charge is 2.35. The molecule has 0 N–H and O–H groups in total. The van der Waals surface area contributed by atoms with Gasteiger partial charge in [-0.25, -0.2) is 0 Å².